The number of methoxy groups -OCH3 is 1. The topological polar surface area (TPSA) is 84.7 Å². The van der Waals surface area contributed by atoms with Crippen molar-refractivity contribution in [1.82, 2.24) is 9.38 Å². The Balaban J connectivity index is 1.60. The van der Waals surface area contributed by atoms with Gasteiger partial charge in [0.05, 0.1) is 12.8 Å². The molecule has 0 aliphatic heterocycles. The van der Waals surface area contributed by atoms with E-state index in [1.807, 2.05) is 61.0 Å². The predicted molar refractivity (Wildman–Crippen MR) is 110 cm³/mol. The predicted octanol–water partition coefficient (Wildman–Crippen LogP) is 3.16. The second-order valence-electron chi connectivity index (χ2n) is 6.75. The molecule has 4 aromatic rings. The fourth-order valence-electron chi connectivity index (χ4n) is 3.28. The molecule has 0 fully saturated rings. The van der Waals surface area contributed by atoms with Gasteiger partial charge in [0.2, 0.25) is 0 Å². The fraction of sp³-hybridized carbons (Fsp3) is 0.190. The van der Waals surface area contributed by atoms with Crippen molar-refractivity contribution < 1.29 is 4.74 Å². The van der Waals surface area contributed by atoms with E-state index in [4.69, 9.17) is 4.74 Å². The minimum atomic E-state index is -0.524. The van der Waals surface area contributed by atoms with E-state index in [9.17, 15) is 9.59 Å². The van der Waals surface area contributed by atoms with Crippen molar-refractivity contribution in [3.8, 4) is 5.75 Å². The lowest BCUT2D eigenvalue weighted by molar-refractivity contribution is 0.414. The molecule has 2 N–H and O–H groups in total. The molecule has 0 amide bonds. The van der Waals surface area contributed by atoms with Crippen LogP contribution in [0.5, 0.6) is 5.75 Å². The van der Waals surface area contributed by atoms with E-state index in [0.29, 0.717) is 11.4 Å². The van der Waals surface area contributed by atoms with Crippen molar-refractivity contribution in [2.75, 3.05) is 17.7 Å². The summed E-state index contributed by atoms with van der Waals surface area (Å²) in [5.74, 6) is 0.735. The van der Waals surface area contributed by atoms with Gasteiger partial charge in [-0.1, -0.05) is 12.1 Å². The Labute approximate surface area is 161 Å². The number of rotatable bonds is 6. The summed E-state index contributed by atoms with van der Waals surface area (Å²) in [6.45, 7) is 3.87. The van der Waals surface area contributed by atoms with Crippen LogP contribution in [0.15, 0.2) is 58.5 Å². The van der Waals surface area contributed by atoms with Crippen molar-refractivity contribution in [2.45, 2.75) is 19.9 Å². The Bertz CT molecular complexity index is 1230. The van der Waals surface area contributed by atoms with Gasteiger partial charge >= 0.3 is 0 Å². The summed E-state index contributed by atoms with van der Waals surface area (Å²) in [5, 5.41) is 6.24. The number of pyridine rings is 1. The highest BCUT2D eigenvalue weighted by molar-refractivity contribution is 5.79. The van der Waals surface area contributed by atoms with Gasteiger partial charge in [0.1, 0.15) is 22.8 Å². The molecule has 0 aliphatic carbocycles. The van der Waals surface area contributed by atoms with Gasteiger partial charge in [0, 0.05) is 24.6 Å². The number of hydrogen-bond acceptors (Lipinski definition) is 6. The monoisotopic (exact) mass is 376 g/mol. The third kappa shape index (κ3) is 3.00. The van der Waals surface area contributed by atoms with Crippen LogP contribution in [0.2, 0.25) is 0 Å². The zero-order valence-electron chi connectivity index (χ0n) is 15.8. The van der Waals surface area contributed by atoms with Crippen LogP contribution in [-0.4, -0.2) is 16.5 Å². The van der Waals surface area contributed by atoms with Gasteiger partial charge in [-0.2, -0.15) is 0 Å². The van der Waals surface area contributed by atoms with Gasteiger partial charge < -0.3 is 19.8 Å². The highest BCUT2D eigenvalue weighted by Crippen LogP contribution is 2.27. The largest absolute Gasteiger partial charge is 0.497 e. The Kier molecular flexibility index (Phi) is 4.35. The average molecular weight is 376 g/mol. The molecule has 2 heterocycles. The number of ether oxygens (including phenoxy) is 1. The van der Waals surface area contributed by atoms with Crippen molar-refractivity contribution in [2.24, 2.45) is 0 Å². The summed E-state index contributed by atoms with van der Waals surface area (Å²) < 4.78 is 7.12. The molecule has 2 aromatic heterocycles. The van der Waals surface area contributed by atoms with Gasteiger partial charge in [0.25, 0.3) is 10.9 Å². The number of nitrogens with zero attached hydrogens (tertiary/aromatic N) is 2. The molecule has 28 heavy (non-hydrogen) atoms. The first-order chi connectivity index (χ1) is 13.5. The van der Waals surface area contributed by atoms with Crippen LogP contribution in [0.1, 0.15) is 24.1 Å². The molecule has 2 aromatic carbocycles. The van der Waals surface area contributed by atoms with Crippen LogP contribution in [0.4, 0.5) is 17.1 Å². The van der Waals surface area contributed by atoms with E-state index in [2.05, 4.69) is 15.6 Å². The highest BCUT2D eigenvalue weighted by Gasteiger charge is 2.23. The van der Waals surface area contributed by atoms with Crippen LogP contribution in [0.25, 0.3) is 5.65 Å². The van der Waals surface area contributed by atoms with Gasteiger partial charge in [-0.05, 0) is 43.2 Å². The Hall–Kier alpha value is -3.61. The SMILES string of the molecule is COc1cccc([C@@H](C)Nc2c(Nc3cc(C)c4nccn4c3)c(=O)c2=O)c1. The minimum absolute atomic E-state index is 0.170. The zero-order valence-corrected chi connectivity index (χ0v) is 15.8. The van der Waals surface area contributed by atoms with Gasteiger partial charge in [-0.3, -0.25) is 9.59 Å². The zero-order chi connectivity index (χ0) is 19.8. The molecule has 4 rings (SSSR count). The van der Waals surface area contributed by atoms with Gasteiger partial charge in [-0.15, -0.1) is 0 Å². The summed E-state index contributed by atoms with van der Waals surface area (Å²) in [5.41, 5.74) is 3.01. The molecule has 7 nitrogen and oxygen atoms in total. The first-order valence-corrected chi connectivity index (χ1v) is 8.92. The number of benzene rings is 1. The molecular weight excluding hydrogens is 356 g/mol. The van der Waals surface area contributed by atoms with E-state index in [1.165, 1.54) is 0 Å². The fourth-order valence-corrected chi connectivity index (χ4v) is 3.28. The molecule has 0 aliphatic rings. The lowest BCUT2D eigenvalue weighted by atomic mass is 10.1. The third-order valence-corrected chi connectivity index (χ3v) is 4.81. The maximum Gasteiger partial charge on any atom is 0.253 e. The number of aryl methyl sites for hydroxylation is 1. The maximum absolute atomic E-state index is 12.1. The standard InChI is InChI=1S/C21H20N4O3/c1-12-9-15(11-25-8-7-22-21(12)25)24-18-17(19(26)20(18)27)23-13(2)14-5-4-6-16(10-14)28-3/h4-11,13,23-24H,1-3H3/t13-/m1/s1. The van der Waals surface area contributed by atoms with E-state index in [0.717, 1.165) is 22.5 Å². The van der Waals surface area contributed by atoms with Crippen LogP contribution in [0.3, 0.4) is 0 Å². The molecule has 0 saturated heterocycles. The molecule has 142 valence electrons. The van der Waals surface area contributed by atoms with E-state index in [-0.39, 0.29) is 11.7 Å². The maximum atomic E-state index is 12.1. The van der Waals surface area contributed by atoms with Crippen molar-refractivity contribution in [3.63, 3.8) is 0 Å². The Morgan fingerprint density at radius 2 is 1.93 bits per heavy atom. The van der Waals surface area contributed by atoms with Crippen LogP contribution >= 0.6 is 0 Å². The molecule has 7 heteroatoms. The van der Waals surface area contributed by atoms with E-state index >= 15 is 0 Å². The van der Waals surface area contributed by atoms with Crippen LogP contribution in [0, 0.1) is 6.92 Å². The first-order valence-electron chi connectivity index (χ1n) is 8.92. The summed E-state index contributed by atoms with van der Waals surface area (Å²) in [6, 6.07) is 9.30. The molecule has 0 bridgehead atoms. The summed E-state index contributed by atoms with van der Waals surface area (Å²) >= 11 is 0. The van der Waals surface area contributed by atoms with Crippen molar-refractivity contribution in [3.05, 3.63) is 80.5 Å². The van der Waals surface area contributed by atoms with Crippen molar-refractivity contribution >= 4 is 22.7 Å². The van der Waals surface area contributed by atoms with Crippen LogP contribution < -0.4 is 26.2 Å². The first kappa shape index (κ1) is 17.8. The van der Waals surface area contributed by atoms with Crippen LogP contribution in [-0.2, 0) is 0 Å². The number of imidazole rings is 1. The summed E-state index contributed by atoms with van der Waals surface area (Å²) in [7, 11) is 1.61. The molecule has 0 saturated carbocycles. The summed E-state index contributed by atoms with van der Waals surface area (Å²) in [4.78, 5) is 28.6. The van der Waals surface area contributed by atoms with E-state index < -0.39 is 10.9 Å². The average Bonchev–Trinajstić information content (AvgIpc) is 3.19. The van der Waals surface area contributed by atoms with Gasteiger partial charge in [0.15, 0.2) is 0 Å². The second-order valence-corrected chi connectivity index (χ2v) is 6.75. The highest BCUT2D eigenvalue weighted by atomic mass is 16.5. The molecule has 1 atom stereocenters. The van der Waals surface area contributed by atoms with Gasteiger partial charge in [-0.25, -0.2) is 4.98 Å². The quantitative estimate of drug-likeness (QED) is 0.503. The molecular formula is C21H20N4O3. The molecule has 0 spiro atoms. The molecule has 0 radical (unpaired) electrons. The number of nitrogens with one attached hydrogen (secondary N) is 2. The number of anilines is 3. The summed E-state index contributed by atoms with van der Waals surface area (Å²) in [6.07, 6.45) is 5.38. The smallest absolute Gasteiger partial charge is 0.253 e. The lowest BCUT2D eigenvalue weighted by Crippen LogP contribution is -2.37. The molecule has 0 unspecified atom stereocenters. The Morgan fingerprint density at radius 1 is 1.14 bits per heavy atom. The third-order valence-electron chi connectivity index (χ3n) is 4.81. The minimum Gasteiger partial charge on any atom is -0.497 e. The second kappa shape index (κ2) is 6.84. The van der Waals surface area contributed by atoms with E-state index in [1.54, 1.807) is 13.3 Å². The number of aromatic nitrogens is 2. The Morgan fingerprint density at radius 3 is 2.71 bits per heavy atom. The number of fused-ring (bicyclic) bond motifs is 1. The lowest BCUT2D eigenvalue weighted by Gasteiger charge is -2.20. The normalized spacial score (nSPS) is 12.2. The van der Waals surface area contributed by atoms with Crippen molar-refractivity contribution in [1.29, 1.82) is 0 Å². The number of hydrogen-bond donors (Lipinski definition) is 2.